The molecule has 0 unspecified atom stereocenters. The molecule has 40 heavy (non-hydrogen) atoms. The van der Waals surface area contributed by atoms with Crippen molar-refractivity contribution in [2.75, 3.05) is 32.0 Å². The van der Waals surface area contributed by atoms with Crippen LogP contribution in [0.2, 0.25) is 0 Å². The van der Waals surface area contributed by atoms with Gasteiger partial charge in [-0.15, -0.1) is 5.12 Å². The molecule has 0 saturated carbocycles. The first-order chi connectivity index (χ1) is 19.1. The number of nitrogens with zero attached hydrogens (tertiary/aromatic N) is 5. The van der Waals surface area contributed by atoms with Crippen LogP contribution in [0.15, 0.2) is 38.0 Å². The number of rotatable bonds is 11. The lowest BCUT2D eigenvalue weighted by Crippen LogP contribution is -2.57. The highest BCUT2D eigenvalue weighted by Crippen LogP contribution is 2.38. The lowest BCUT2D eigenvalue weighted by atomic mass is 9.91. The molecule has 1 aliphatic heterocycles. The van der Waals surface area contributed by atoms with Crippen molar-refractivity contribution in [3.8, 4) is 5.75 Å². The van der Waals surface area contributed by atoms with Crippen LogP contribution in [0.1, 0.15) is 37.0 Å². The fourth-order valence-electron chi connectivity index (χ4n) is 4.93. The van der Waals surface area contributed by atoms with Gasteiger partial charge in [0, 0.05) is 37.5 Å². The van der Waals surface area contributed by atoms with E-state index in [2.05, 4.69) is 29.0 Å². The van der Waals surface area contributed by atoms with E-state index in [1.165, 1.54) is 29.9 Å². The molecule has 2 atom stereocenters. The van der Waals surface area contributed by atoms with Crippen molar-refractivity contribution in [3.63, 3.8) is 0 Å². The first-order valence-corrected chi connectivity index (χ1v) is 13.3. The Bertz CT molecular complexity index is 1560. The molecule has 214 valence electrons. The fraction of sp³-hybridized carbons (Fsp3) is 0.423. The number of thiophene rings is 1. The molecule has 1 fully saturated rings. The van der Waals surface area contributed by atoms with E-state index in [0.717, 1.165) is 21.0 Å². The Morgan fingerprint density at radius 3 is 2.62 bits per heavy atom. The van der Waals surface area contributed by atoms with Crippen LogP contribution in [0.4, 0.5) is 9.39 Å². The van der Waals surface area contributed by atoms with Gasteiger partial charge in [0.25, 0.3) is 5.56 Å². The number of carbonyl (C=O) groups is 1. The summed E-state index contributed by atoms with van der Waals surface area (Å²) in [6, 6.07) is 3.93. The van der Waals surface area contributed by atoms with Gasteiger partial charge in [-0.3, -0.25) is 18.7 Å². The predicted molar refractivity (Wildman–Crippen MR) is 151 cm³/mol. The molecule has 1 saturated heterocycles. The quantitative estimate of drug-likeness (QED) is 0.264. The number of aliphatic hydroxyl groups excluding tert-OH is 1. The molecule has 12 nitrogen and oxygen atoms in total. The van der Waals surface area contributed by atoms with Crippen LogP contribution in [-0.2, 0) is 21.6 Å². The third-order valence-electron chi connectivity index (χ3n) is 7.03. The maximum absolute atomic E-state index is 14.4. The average Bonchev–Trinajstić information content (AvgIpc) is 3.27. The van der Waals surface area contributed by atoms with E-state index >= 15 is 0 Å². The van der Waals surface area contributed by atoms with E-state index in [4.69, 9.17) is 9.47 Å². The molecule has 0 spiro atoms. The topological polar surface area (TPSA) is 140 Å². The number of fused-ring (bicyclic) bond motifs is 1. The molecule has 3 heterocycles. The second kappa shape index (κ2) is 11.7. The van der Waals surface area contributed by atoms with E-state index < -0.39 is 28.7 Å². The number of aliphatic hydroxyl groups is 1. The number of anilines is 1. The van der Waals surface area contributed by atoms with Crippen molar-refractivity contribution in [2.24, 2.45) is 10.2 Å². The number of nitrogens with one attached hydrogen (secondary N) is 1. The minimum absolute atomic E-state index is 0.0826. The summed E-state index contributed by atoms with van der Waals surface area (Å²) in [5.41, 5.74) is -1.36. The summed E-state index contributed by atoms with van der Waals surface area (Å²) < 4.78 is 28.2. The highest BCUT2D eigenvalue weighted by Gasteiger charge is 2.37. The molecule has 1 aromatic carbocycles. The summed E-state index contributed by atoms with van der Waals surface area (Å²) in [6.45, 7) is 9.97. The summed E-state index contributed by atoms with van der Waals surface area (Å²) in [4.78, 5) is 40.4. The number of piperidine rings is 1. The highest BCUT2D eigenvalue weighted by atomic mass is 32.1. The maximum Gasteiger partial charge on any atom is 0.332 e. The van der Waals surface area contributed by atoms with Crippen molar-refractivity contribution in [3.05, 3.63) is 56.0 Å². The molecule has 0 aliphatic carbocycles. The second-order valence-corrected chi connectivity index (χ2v) is 10.5. The van der Waals surface area contributed by atoms with Crippen LogP contribution in [-0.4, -0.2) is 60.5 Å². The molecule has 3 aromatic rings. The number of hydrogen-bond acceptors (Lipinski definition) is 10. The second-order valence-electron chi connectivity index (χ2n) is 9.56. The molecule has 14 heteroatoms. The predicted octanol–water partition coefficient (Wildman–Crippen LogP) is 2.09. The van der Waals surface area contributed by atoms with Crippen LogP contribution in [0.3, 0.4) is 0 Å². The summed E-state index contributed by atoms with van der Waals surface area (Å²) in [5.74, 6) is -0.383. The van der Waals surface area contributed by atoms with Gasteiger partial charge in [-0.1, -0.05) is 11.3 Å². The molecule has 2 N–H and O–H groups in total. The van der Waals surface area contributed by atoms with Crippen LogP contribution in [0.5, 0.6) is 5.75 Å². The van der Waals surface area contributed by atoms with E-state index in [-0.39, 0.29) is 50.4 Å². The monoisotopic (exact) mass is 574 g/mol. The van der Waals surface area contributed by atoms with Crippen molar-refractivity contribution in [1.82, 2.24) is 14.5 Å². The molecule has 0 radical (unpaired) electrons. The first kappa shape index (κ1) is 29.1. The number of ether oxygens (including phenoxy) is 2. The number of carbonyl (C=O) groups excluding carboxylic acids is 1. The van der Waals surface area contributed by atoms with E-state index in [1.807, 2.05) is 0 Å². The van der Waals surface area contributed by atoms with Gasteiger partial charge >= 0.3 is 5.69 Å². The van der Waals surface area contributed by atoms with Crippen molar-refractivity contribution < 1.29 is 23.8 Å². The minimum atomic E-state index is -1.02. The Morgan fingerprint density at radius 1 is 1.30 bits per heavy atom. The van der Waals surface area contributed by atoms with Crippen LogP contribution in [0, 0.1) is 12.7 Å². The van der Waals surface area contributed by atoms with Crippen LogP contribution in [0.25, 0.3) is 10.2 Å². The zero-order chi connectivity index (χ0) is 29.2. The number of halogens is 1. The molecule has 1 aliphatic rings. The smallest absolute Gasteiger partial charge is 0.332 e. The normalized spacial score (nSPS) is 17.9. The Balaban J connectivity index is 2.02. The Morgan fingerprint density at radius 2 is 2.02 bits per heavy atom. The third kappa shape index (κ3) is 5.17. The van der Waals surface area contributed by atoms with E-state index in [1.54, 1.807) is 13.8 Å². The number of methoxy groups -OCH3 is 1. The standard InChI is InChI=1S/C26H31FN6O6S/c1-15-21-22(36)32(26(2)9-8-20(35)30-14-26)25(37)31(24(21)40-23(15)33(28-3)29-4)13-19(39-11-10-34)17-12-16(27)6-7-18(17)38-5/h6-7,12,19,34H,3-4,8-11,13-14H2,1-2,5H3,(H,30,35)/t19-,26+/m0/s1. The molecule has 4 rings (SSSR count). The summed E-state index contributed by atoms with van der Waals surface area (Å²) in [7, 11) is 1.43. The molecule has 2 aromatic heterocycles. The number of hydrogen-bond donors (Lipinski definition) is 2. The molecule has 1 amide bonds. The Hall–Kier alpha value is -3.88. The summed E-state index contributed by atoms with van der Waals surface area (Å²) in [6.07, 6.45) is -0.529. The van der Waals surface area contributed by atoms with Gasteiger partial charge in [0.05, 0.1) is 37.8 Å². The SMILES string of the molecule is C=NN(N=C)c1sc2c(c1C)c(=O)n([C@]1(C)CCC(=O)NC1)c(=O)n2C[C@H](OCCO)c1cc(F)ccc1OC. The zero-order valence-corrected chi connectivity index (χ0v) is 23.3. The summed E-state index contributed by atoms with van der Waals surface area (Å²) >= 11 is 1.09. The largest absolute Gasteiger partial charge is 0.496 e. The van der Waals surface area contributed by atoms with E-state index in [0.29, 0.717) is 26.7 Å². The van der Waals surface area contributed by atoms with Gasteiger partial charge in [-0.05, 0) is 38.5 Å². The molecule has 0 bridgehead atoms. The minimum Gasteiger partial charge on any atom is -0.496 e. The average molecular weight is 575 g/mol. The van der Waals surface area contributed by atoms with Gasteiger partial charge in [0.1, 0.15) is 27.5 Å². The lowest BCUT2D eigenvalue weighted by Gasteiger charge is -2.35. The maximum atomic E-state index is 14.4. The zero-order valence-electron chi connectivity index (χ0n) is 22.5. The number of aryl methyl sites for hydroxylation is 1. The van der Waals surface area contributed by atoms with Crippen molar-refractivity contribution in [1.29, 1.82) is 0 Å². The van der Waals surface area contributed by atoms with Crippen LogP contribution < -0.4 is 26.4 Å². The van der Waals surface area contributed by atoms with Gasteiger partial charge in [-0.25, -0.2) is 9.18 Å². The molecular formula is C26H31FN6O6S. The van der Waals surface area contributed by atoms with Crippen LogP contribution >= 0.6 is 11.3 Å². The van der Waals surface area contributed by atoms with Crippen molar-refractivity contribution >= 4 is 45.9 Å². The van der Waals surface area contributed by atoms with Gasteiger partial charge in [0.15, 0.2) is 0 Å². The Kier molecular flexibility index (Phi) is 8.51. The Labute approximate surface area is 232 Å². The van der Waals surface area contributed by atoms with Gasteiger partial charge < -0.3 is 19.9 Å². The lowest BCUT2D eigenvalue weighted by molar-refractivity contribution is -0.124. The van der Waals surface area contributed by atoms with Crippen molar-refractivity contribution in [2.45, 2.75) is 44.9 Å². The fourth-order valence-corrected chi connectivity index (χ4v) is 6.17. The number of hydrazone groups is 2. The number of amides is 1. The third-order valence-corrected chi connectivity index (χ3v) is 8.31. The van der Waals surface area contributed by atoms with Gasteiger partial charge in [-0.2, -0.15) is 10.2 Å². The summed E-state index contributed by atoms with van der Waals surface area (Å²) in [5, 5.41) is 21.8. The highest BCUT2D eigenvalue weighted by molar-refractivity contribution is 7.22. The molecular weight excluding hydrogens is 543 g/mol. The van der Waals surface area contributed by atoms with E-state index in [9.17, 15) is 23.9 Å². The first-order valence-electron chi connectivity index (χ1n) is 12.5. The van der Waals surface area contributed by atoms with Gasteiger partial charge in [0.2, 0.25) is 5.91 Å². The number of aromatic nitrogens is 2. The number of benzene rings is 1.